The lowest BCUT2D eigenvalue weighted by molar-refractivity contribution is 0.246. The summed E-state index contributed by atoms with van der Waals surface area (Å²) >= 11 is 0. The second-order valence-electron chi connectivity index (χ2n) is 8.09. The summed E-state index contributed by atoms with van der Waals surface area (Å²) in [5.74, 6) is 1.68. The fourth-order valence-corrected chi connectivity index (χ4v) is 3.16. The van der Waals surface area contributed by atoms with E-state index in [0.717, 1.165) is 49.7 Å². The summed E-state index contributed by atoms with van der Waals surface area (Å²) in [5, 5.41) is 4.02. The van der Waals surface area contributed by atoms with Crippen molar-refractivity contribution in [1.82, 2.24) is 20.0 Å². The maximum absolute atomic E-state index is 14.7. The molecule has 0 unspecified atom stereocenters. The third kappa shape index (κ3) is 3.72. The van der Waals surface area contributed by atoms with Gasteiger partial charge in [0.2, 0.25) is 0 Å². The molecular weight excluding hydrogens is 333 g/mol. The van der Waals surface area contributed by atoms with Crippen molar-refractivity contribution < 1.29 is 8.91 Å². The molecule has 0 N–H and O–H groups in total. The first-order valence-electron chi connectivity index (χ1n) is 9.10. The molecule has 0 atom stereocenters. The Balaban J connectivity index is 1.73. The molecule has 26 heavy (non-hydrogen) atoms. The predicted octanol–water partition coefficient (Wildman–Crippen LogP) is 3.15. The molecular formula is C19H28FN5O. The second-order valence-corrected chi connectivity index (χ2v) is 8.09. The number of halogens is 1. The number of aromatic nitrogens is 3. The SMILES string of the molecule is Cc1nc(C(C)(C)C)nc(N2CCN(Cc3c(C)noc3C)CC2)c1F. The van der Waals surface area contributed by atoms with E-state index in [9.17, 15) is 4.39 Å². The molecule has 7 heteroatoms. The van der Waals surface area contributed by atoms with Gasteiger partial charge in [0.1, 0.15) is 11.6 Å². The van der Waals surface area contributed by atoms with Crippen LogP contribution >= 0.6 is 0 Å². The van der Waals surface area contributed by atoms with Crippen LogP contribution in [0, 0.1) is 26.6 Å². The zero-order valence-electron chi connectivity index (χ0n) is 16.6. The minimum atomic E-state index is -0.308. The maximum atomic E-state index is 14.7. The Labute approximate surface area is 154 Å². The number of anilines is 1. The number of rotatable bonds is 3. The predicted molar refractivity (Wildman–Crippen MR) is 98.9 cm³/mol. The van der Waals surface area contributed by atoms with E-state index in [0.29, 0.717) is 17.3 Å². The molecule has 0 spiro atoms. The third-order valence-corrected chi connectivity index (χ3v) is 4.90. The van der Waals surface area contributed by atoms with E-state index in [4.69, 9.17) is 4.52 Å². The Morgan fingerprint density at radius 3 is 2.19 bits per heavy atom. The van der Waals surface area contributed by atoms with Crippen molar-refractivity contribution in [3.63, 3.8) is 0 Å². The summed E-state index contributed by atoms with van der Waals surface area (Å²) < 4.78 is 19.9. The zero-order chi connectivity index (χ0) is 19.1. The highest BCUT2D eigenvalue weighted by Crippen LogP contribution is 2.26. The monoisotopic (exact) mass is 361 g/mol. The molecule has 0 saturated carbocycles. The van der Waals surface area contributed by atoms with Crippen molar-refractivity contribution in [1.29, 1.82) is 0 Å². The molecule has 1 aliphatic rings. The van der Waals surface area contributed by atoms with Crippen LogP contribution in [0.2, 0.25) is 0 Å². The molecule has 1 saturated heterocycles. The quantitative estimate of drug-likeness (QED) is 0.837. The largest absolute Gasteiger partial charge is 0.361 e. The van der Waals surface area contributed by atoms with Gasteiger partial charge >= 0.3 is 0 Å². The van der Waals surface area contributed by atoms with Gasteiger partial charge in [-0.25, -0.2) is 14.4 Å². The number of piperazine rings is 1. The molecule has 0 amide bonds. The fraction of sp³-hybridized carbons (Fsp3) is 0.632. The first kappa shape index (κ1) is 18.8. The Bertz CT molecular complexity index is 768. The summed E-state index contributed by atoms with van der Waals surface area (Å²) in [7, 11) is 0. The van der Waals surface area contributed by atoms with E-state index in [2.05, 4.69) is 20.0 Å². The molecule has 142 valence electrons. The molecule has 3 rings (SSSR count). The van der Waals surface area contributed by atoms with Gasteiger partial charge < -0.3 is 9.42 Å². The van der Waals surface area contributed by atoms with Crippen molar-refractivity contribution in [2.75, 3.05) is 31.1 Å². The number of hydrogen-bond donors (Lipinski definition) is 0. The van der Waals surface area contributed by atoms with Gasteiger partial charge in [0.15, 0.2) is 11.6 Å². The second kappa shape index (κ2) is 6.95. The van der Waals surface area contributed by atoms with Crippen LogP contribution < -0.4 is 4.90 Å². The minimum absolute atomic E-state index is 0.210. The lowest BCUT2D eigenvalue weighted by atomic mass is 9.95. The third-order valence-electron chi connectivity index (χ3n) is 4.90. The lowest BCUT2D eigenvalue weighted by Crippen LogP contribution is -2.47. The molecule has 1 aliphatic heterocycles. The van der Waals surface area contributed by atoms with E-state index in [-0.39, 0.29) is 11.2 Å². The van der Waals surface area contributed by atoms with E-state index < -0.39 is 0 Å². The van der Waals surface area contributed by atoms with E-state index in [1.165, 1.54) is 0 Å². The molecule has 2 aromatic heterocycles. The van der Waals surface area contributed by atoms with Crippen LogP contribution in [-0.2, 0) is 12.0 Å². The van der Waals surface area contributed by atoms with E-state index in [1.807, 2.05) is 39.5 Å². The Hall–Kier alpha value is -2.02. The van der Waals surface area contributed by atoms with Gasteiger partial charge in [-0.05, 0) is 20.8 Å². The van der Waals surface area contributed by atoms with Crippen LogP contribution in [0.25, 0.3) is 0 Å². The highest BCUT2D eigenvalue weighted by molar-refractivity contribution is 5.43. The Morgan fingerprint density at radius 1 is 1.00 bits per heavy atom. The van der Waals surface area contributed by atoms with Gasteiger partial charge in [0, 0.05) is 43.7 Å². The van der Waals surface area contributed by atoms with Crippen molar-refractivity contribution in [3.05, 3.63) is 34.4 Å². The summed E-state index contributed by atoms with van der Waals surface area (Å²) in [6.45, 7) is 15.7. The highest BCUT2D eigenvalue weighted by atomic mass is 19.1. The van der Waals surface area contributed by atoms with Gasteiger partial charge in [-0.2, -0.15) is 0 Å². The molecule has 3 heterocycles. The summed E-state index contributed by atoms with van der Waals surface area (Å²) in [6.07, 6.45) is 0. The standard InChI is InChI=1S/C19H28FN5O/c1-12-15(14(3)26-23-12)11-24-7-9-25(10-8-24)17-16(20)13(2)21-18(22-17)19(4,5)6/h7-11H2,1-6H3. The van der Waals surface area contributed by atoms with Crippen molar-refractivity contribution in [2.24, 2.45) is 0 Å². The van der Waals surface area contributed by atoms with E-state index >= 15 is 0 Å². The minimum Gasteiger partial charge on any atom is -0.361 e. The smallest absolute Gasteiger partial charge is 0.186 e. The first-order chi connectivity index (χ1) is 12.2. The summed E-state index contributed by atoms with van der Waals surface area (Å²) in [4.78, 5) is 13.3. The van der Waals surface area contributed by atoms with Gasteiger partial charge in [-0.1, -0.05) is 25.9 Å². The molecule has 0 aromatic carbocycles. The van der Waals surface area contributed by atoms with E-state index in [1.54, 1.807) is 6.92 Å². The van der Waals surface area contributed by atoms with Crippen LogP contribution in [0.3, 0.4) is 0 Å². The normalized spacial score (nSPS) is 16.3. The first-order valence-corrected chi connectivity index (χ1v) is 9.10. The van der Waals surface area contributed by atoms with Crippen molar-refractivity contribution >= 4 is 5.82 Å². The van der Waals surface area contributed by atoms with Crippen LogP contribution in [-0.4, -0.2) is 46.2 Å². The van der Waals surface area contributed by atoms with Gasteiger partial charge in [-0.3, -0.25) is 4.90 Å². The van der Waals surface area contributed by atoms with Crippen LogP contribution in [0.4, 0.5) is 10.2 Å². The number of nitrogens with zero attached hydrogens (tertiary/aromatic N) is 5. The zero-order valence-corrected chi connectivity index (χ0v) is 16.6. The van der Waals surface area contributed by atoms with Crippen LogP contribution in [0.5, 0.6) is 0 Å². The summed E-state index contributed by atoms with van der Waals surface area (Å²) in [5.41, 5.74) is 2.30. The molecule has 2 aromatic rings. The molecule has 0 radical (unpaired) electrons. The maximum Gasteiger partial charge on any atom is 0.186 e. The molecule has 6 nitrogen and oxygen atoms in total. The van der Waals surface area contributed by atoms with Gasteiger partial charge in [0.05, 0.1) is 11.4 Å². The van der Waals surface area contributed by atoms with Crippen molar-refractivity contribution in [2.45, 2.75) is 53.5 Å². The lowest BCUT2D eigenvalue weighted by Gasteiger charge is -2.36. The van der Waals surface area contributed by atoms with Crippen molar-refractivity contribution in [3.8, 4) is 0 Å². The Kier molecular flexibility index (Phi) is 5.01. The van der Waals surface area contributed by atoms with Crippen LogP contribution in [0.1, 0.15) is 49.3 Å². The number of aryl methyl sites for hydroxylation is 3. The summed E-state index contributed by atoms with van der Waals surface area (Å²) in [6, 6.07) is 0. The molecule has 0 bridgehead atoms. The molecule has 0 aliphatic carbocycles. The average Bonchev–Trinajstić information content (AvgIpc) is 2.89. The average molecular weight is 361 g/mol. The van der Waals surface area contributed by atoms with Gasteiger partial charge in [-0.15, -0.1) is 0 Å². The highest BCUT2D eigenvalue weighted by Gasteiger charge is 2.26. The molecule has 1 fully saturated rings. The fourth-order valence-electron chi connectivity index (χ4n) is 3.16. The topological polar surface area (TPSA) is 58.3 Å². The Morgan fingerprint density at radius 2 is 1.65 bits per heavy atom. The number of hydrogen-bond acceptors (Lipinski definition) is 6. The van der Waals surface area contributed by atoms with Crippen LogP contribution in [0.15, 0.2) is 4.52 Å². The van der Waals surface area contributed by atoms with Gasteiger partial charge in [0.25, 0.3) is 0 Å².